The van der Waals surface area contributed by atoms with Gasteiger partial charge >= 0.3 is 0 Å². The summed E-state index contributed by atoms with van der Waals surface area (Å²) in [5.74, 6) is 2.07. The standard InChI is InChI=1S/C30H32ClN5O3/c1-19-15-24(31)25(16-27(19)37-3)34-28-20(17-32)18-33-29-21-7-8-26(30(38-4)22(21)5-6-23(28)29)39-14-13-36-11-9-35(2)10-12-36/h5-8,15-16,18H,9-14H2,1-4H3,(H,33,34). The zero-order valence-corrected chi connectivity index (χ0v) is 23.4. The van der Waals surface area contributed by atoms with Gasteiger partial charge in [0.15, 0.2) is 11.5 Å². The molecule has 0 aliphatic carbocycles. The number of benzene rings is 3. The molecule has 2 heterocycles. The van der Waals surface area contributed by atoms with Crippen molar-refractivity contribution in [2.75, 3.05) is 65.9 Å². The van der Waals surface area contributed by atoms with E-state index in [1.165, 1.54) is 0 Å². The lowest BCUT2D eigenvalue weighted by molar-refractivity contribution is 0.133. The van der Waals surface area contributed by atoms with Crippen molar-refractivity contribution in [1.29, 1.82) is 5.26 Å². The number of nitriles is 1. The molecule has 0 saturated carbocycles. The van der Waals surface area contributed by atoms with E-state index in [1.807, 2.05) is 43.3 Å². The first-order valence-electron chi connectivity index (χ1n) is 12.9. The first-order chi connectivity index (χ1) is 18.9. The normalized spacial score (nSPS) is 14.4. The predicted molar refractivity (Wildman–Crippen MR) is 156 cm³/mol. The van der Waals surface area contributed by atoms with Crippen molar-refractivity contribution in [2.24, 2.45) is 0 Å². The Kier molecular flexibility index (Phi) is 7.94. The molecule has 1 aromatic heterocycles. The Hall–Kier alpha value is -3.77. The van der Waals surface area contributed by atoms with Gasteiger partial charge in [0.05, 0.1) is 41.7 Å². The highest BCUT2D eigenvalue weighted by atomic mass is 35.5. The number of nitrogens with zero attached hydrogens (tertiary/aromatic N) is 4. The SMILES string of the molecule is COc1cc(Nc2c(C#N)cnc3c2ccc2c(OC)c(OCCN4CCN(C)CC4)ccc23)c(Cl)cc1C. The molecule has 3 aromatic carbocycles. The van der Waals surface area contributed by atoms with Gasteiger partial charge in [-0.1, -0.05) is 11.6 Å². The summed E-state index contributed by atoms with van der Waals surface area (Å²) in [5, 5.41) is 16.3. The van der Waals surface area contributed by atoms with Crippen molar-refractivity contribution in [3.05, 3.63) is 58.7 Å². The maximum Gasteiger partial charge on any atom is 0.168 e. The average molecular weight is 546 g/mol. The number of nitrogens with one attached hydrogen (secondary N) is 1. The fraction of sp³-hybridized carbons (Fsp3) is 0.333. The number of piperazine rings is 1. The van der Waals surface area contributed by atoms with Crippen LogP contribution in [-0.2, 0) is 0 Å². The molecule has 0 spiro atoms. The molecule has 0 atom stereocenters. The summed E-state index contributed by atoms with van der Waals surface area (Å²) in [7, 11) is 5.42. The van der Waals surface area contributed by atoms with Gasteiger partial charge in [-0.05, 0) is 49.9 Å². The lowest BCUT2D eigenvalue weighted by Gasteiger charge is -2.32. The number of pyridine rings is 1. The van der Waals surface area contributed by atoms with Crippen LogP contribution in [-0.4, -0.2) is 75.4 Å². The summed E-state index contributed by atoms with van der Waals surface area (Å²) in [6.07, 6.45) is 1.58. The third-order valence-corrected chi connectivity index (χ3v) is 7.59. The van der Waals surface area contributed by atoms with Crippen LogP contribution in [0, 0.1) is 18.3 Å². The van der Waals surface area contributed by atoms with Gasteiger partial charge in [0.1, 0.15) is 18.4 Å². The van der Waals surface area contributed by atoms with Crippen LogP contribution in [0.2, 0.25) is 5.02 Å². The average Bonchev–Trinajstić information content (AvgIpc) is 2.95. The maximum atomic E-state index is 9.86. The molecule has 0 unspecified atom stereocenters. The molecule has 39 heavy (non-hydrogen) atoms. The molecule has 0 amide bonds. The second kappa shape index (κ2) is 11.5. The summed E-state index contributed by atoms with van der Waals surface area (Å²) < 4.78 is 17.5. The van der Waals surface area contributed by atoms with Gasteiger partial charge in [-0.25, -0.2) is 0 Å². The van der Waals surface area contributed by atoms with Gasteiger partial charge in [-0.3, -0.25) is 9.88 Å². The zero-order valence-electron chi connectivity index (χ0n) is 22.7. The van der Waals surface area contributed by atoms with Crippen LogP contribution in [0.4, 0.5) is 11.4 Å². The number of aromatic nitrogens is 1. The Bertz CT molecular complexity index is 1560. The lowest BCUT2D eigenvalue weighted by Crippen LogP contribution is -2.45. The van der Waals surface area contributed by atoms with Crippen molar-refractivity contribution in [3.63, 3.8) is 0 Å². The monoisotopic (exact) mass is 545 g/mol. The highest BCUT2D eigenvalue weighted by Gasteiger charge is 2.18. The Morgan fingerprint density at radius 1 is 1.00 bits per heavy atom. The molecule has 0 bridgehead atoms. The lowest BCUT2D eigenvalue weighted by atomic mass is 10.0. The van der Waals surface area contributed by atoms with E-state index in [-0.39, 0.29) is 0 Å². The van der Waals surface area contributed by atoms with Crippen LogP contribution in [0.25, 0.3) is 21.7 Å². The van der Waals surface area contributed by atoms with E-state index in [0.717, 1.165) is 60.0 Å². The van der Waals surface area contributed by atoms with Gasteiger partial charge in [-0.15, -0.1) is 0 Å². The molecule has 1 saturated heterocycles. The van der Waals surface area contributed by atoms with E-state index in [4.69, 9.17) is 25.8 Å². The second-order valence-electron chi connectivity index (χ2n) is 9.73. The van der Waals surface area contributed by atoms with Gasteiger partial charge in [-0.2, -0.15) is 5.26 Å². The summed E-state index contributed by atoms with van der Waals surface area (Å²) in [6.45, 7) is 7.63. The molecule has 0 radical (unpaired) electrons. The molecule has 1 aliphatic heterocycles. The number of aryl methyl sites for hydroxylation is 1. The predicted octanol–water partition coefficient (Wildman–Crippen LogP) is 5.61. The molecule has 4 aromatic rings. The van der Waals surface area contributed by atoms with E-state index >= 15 is 0 Å². The number of anilines is 2. The van der Waals surface area contributed by atoms with Crippen LogP contribution in [0.3, 0.4) is 0 Å². The fourth-order valence-electron chi connectivity index (χ4n) is 5.02. The largest absolute Gasteiger partial charge is 0.496 e. The minimum atomic E-state index is 0.410. The van der Waals surface area contributed by atoms with Gasteiger partial charge in [0.2, 0.25) is 0 Å². The number of ether oxygens (including phenoxy) is 3. The smallest absolute Gasteiger partial charge is 0.168 e. The first-order valence-corrected chi connectivity index (χ1v) is 13.3. The summed E-state index contributed by atoms with van der Waals surface area (Å²) in [6, 6.07) is 13.8. The maximum absolute atomic E-state index is 9.86. The number of hydrogen-bond donors (Lipinski definition) is 1. The van der Waals surface area contributed by atoms with E-state index in [0.29, 0.717) is 45.8 Å². The molecular weight excluding hydrogens is 514 g/mol. The Morgan fingerprint density at radius 2 is 1.74 bits per heavy atom. The summed E-state index contributed by atoms with van der Waals surface area (Å²) >= 11 is 6.55. The Labute approximate surface area is 233 Å². The van der Waals surface area contributed by atoms with E-state index in [9.17, 15) is 5.26 Å². The van der Waals surface area contributed by atoms with Crippen molar-refractivity contribution in [1.82, 2.24) is 14.8 Å². The number of rotatable bonds is 8. The van der Waals surface area contributed by atoms with Gasteiger partial charge < -0.3 is 24.4 Å². The van der Waals surface area contributed by atoms with Gasteiger partial charge in [0, 0.05) is 61.1 Å². The molecule has 9 heteroatoms. The fourth-order valence-corrected chi connectivity index (χ4v) is 5.29. The molecule has 8 nitrogen and oxygen atoms in total. The summed E-state index contributed by atoms with van der Waals surface area (Å²) in [5.41, 5.74) is 3.35. The van der Waals surface area contributed by atoms with Crippen molar-refractivity contribution < 1.29 is 14.2 Å². The Morgan fingerprint density at radius 3 is 2.46 bits per heavy atom. The first kappa shape index (κ1) is 26.8. The van der Waals surface area contributed by atoms with Crippen LogP contribution >= 0.6 is 11.6 Å². The van der Waals surface area contributed by atoms with Crippen molar-refractivity contribution >= 4 is 44.7 Å². The topological polar surface area (TPSA) is 82.9 Å². The number of methoxy groups -OCH3 is 2. The third-order valence-electron chi connectivity index (χ3n) is 7.28. The van der Waals surface area contributed by atoms with E-state index in [2.05, 4.69) is 33.2 Å². The minimum Gasteiger partial charge on any atom is -0.496 e. The van der Waals surface area contributed by atoms with E-state index < -0.39 is 0 Å². The molecular formula is C30H32ClN5O3. The van der Waals surface area contributed by atoms with Crippen molar-refractivity contribution in [3.8, 4) is 23.3 Å². The van der Waals surface area contributed by atoms with Crippen LogP contribution in [0.5, 0.6) is 17.2 Å². The quantitative estimate of drug-likeness (QED) is 0.286. The van der Waals surface area contributed by atoms with Crippen LogP contribution in [0.1, 0.15) is 11.1 Å². The van der Waals surface area contributed by atoms with Crippen LogP contribution in [0.15, 0.2) is 42.6 Å². The minimum absolute atomic E-state index is 0.410. The second-order valence-corrected chi connectivity index (χ2v) is 10.1. The molecule has 1 aliphatic rings. The van der Waals surface area contributed by atoms with E-state index in [1.54, 1.807) is 20.4 Å². The number of hydrogen-bond acceptors (Lipinski definition) is 8. The zero-order chi connectivity index (χ0) is 27.5. The highest BCUT2D eigenvalue weighted by molar-refractivity contribution is 6.33. The number of fused-ring (bicyclic) bond motifs is 3. The number of likely N-dealkylation sites (N-methyl/N-ethyl adjacent to an activating group) is 1. The molecule has 5 rings (SSSR count). The molecule has 1 N–H and O–H groups in total. The number of halogens is 1. The third kappa shape index (κ3) is 5.39. The summed E-state index contributed by atoms with van der Waals surface area (Å²) in [4.78, 5) is 9.42. The highest BCUT2D eigenvalue weighted by Crippen LogP contribution is 2.41. The van der Waals surface area contributed by atoms with Crippen LogP contribution < -0.4 is 19.5 Å². The molecule has 202 valence electrons. The van der Waals surface area contributed by atoms with Gasteiger partial charge in [0.25, 0.3) is 0 Å². The van der Waals surface area contributed by atoms with Crippen molar-refractivity contribution in [2.45, 2.75) is 6.92 Å². The molecule has 1 fully saturated rings. The Balaban J connectivity index is 1.49.